The van der Waals surface area contributed by atoms with Gasteiger partial charge in [-0.3, -0.25) is 9.59 Å². The van der Waals surface area contributed by atoms with Crippen LogP contribution >= 0.6 is 0 Å². The lowest BCUT2D eigenvalue weighted by Gasteiger charge is -2.15. The van der Waals surface area contributed by atoms with E-state index in [-0.39, 0.29) is 17.2 Å². The van der Waals surface area contributed by atoms with Gasteiger partial charge in [-0.25, -0.2) is 4.39 Å². The molecule has 0 unspecified atom stereocenters. The zero-order valence-electron chi connectivity index (χ0n) is 15.8. The van der Waals surface area contributed by atoms with Gasteiger partial charge in [0.05, 0.1) is 0 Å². The molecule has 2 aromatic carbocycles. The van der Waals surface area contributed by atoms with Crippen molar-refractivity contribution in [3.63, 3.8) is 0 Å². The van der Waals surface area contributed by atoms with E-state index >= 15 is 0 Å². The van der Waals surface area contributed by atoms with Crippen molar-refractivity contribution < 1.29 is 9.18 Å². The Morgan fingerprint density at radius 3 is 2.30 bits per heavy atom. The molecule has 27 heavy (non-hydrogen) atoms. The Hall–Kier alpha value is -3.01. The summed E-state index contributed by atoms with van der Waals surface area (Å²) in [5.41, 5.74) is 4.60. The van der Waals surface area contributed by atoms with Crippen LogP contribution in [0, 0.1) is 5.82 Å². The van der Waals surface area contributed by atoms with Crippen LogP contribution in [-0.4, -0.2) is 10.4 Å². The summed E-state index contributed by atoms with van der Waals surface area (Å²) < 4.78 is 14.8. The first-order valence-corrected chi connectivity index (χ1v) is 9.07. The summed E-state index contributed by atoms with van der Waals surface area (Å²) in [5, 5.41) is 0. The van der Waals surface area contributed by atoms with E-state index in [1.54, 1.807) is 19.3 Å². The van der Waals surface area contributed by atoms with Gasteiger partial charge in [0, 0.05) is 36.0 Å². The fourth-order valence-electron chi connectivity index (χ4n) is 3.19. The van der Waals surface area contributed by atoms with Crippen LogP contribution in [0.15, 0.2) is 59.5 Å². The zero-order valence-corrected chi connectivity index (χ0v) is 15.8. The summed E-state index contributed by atoms with van der Waals surface area (Å²) in [4.78, 5) is 25.1. The smallest absolute Gasteiger partial charge is 0.250 e. The Labute approximate surface area is 158 Å². The van der Waals surface area contributed by atoms with Gasteiger partial charge in [0.25, 0.3) is 5.56 Å². The van der Waals surface area contributed by atoms with Gasteiger partial charge in [-0.15, -0.1) is 0 Å². The number of aryl methyl sites for hydroxylation is 3. The number of benzene rings is 2. The van der Waals surface area contributed by atoms with E-state index in [0.29, 0.717) is 17.5 Å². The molecule has 0 atom stereocenters. The Bertz CT molecular complexity index is 1050. The van der Waals surface area contributed by atoms with Crippen LogP contribution in [-0.2, 0) is 19.9 Å². The monoisotopic (exact) mass is 363 g/mol. The van der Waals surface area contributed by atoms with E-state index in [4.69, 9.17) is 0 Å². The van der Waals surface area contributed by atoms with Crippen LogP contribution < -0.4 is 5.56 Å². The quantitative estimate of drug-likeness (QED) is 0.624. The van der Waals surface area contributed by atoms with Crippen molar-refractivity contribution in [1.29, 1.82) is 0 Å². The summed E-state index contributed by atoms with van der Waals surface area (Å²) in [6.07, 6.45) is 3.31. The third-order valence-corrected chi connectivity index (χ3v) is 4.83. The Morgan fingerprint density at radius 2 is 1.67 bits per heavy atom. The highest BCUT2D eigenvalue weighted by Crippen LogP contribution is 2.30. The highest BCUT2D eigenvalue weighted by atomic mass is 19.1. The number of aromatic nitrogens is 1. The van der Waals surface area contributed by atoms with Gasteiger partial charge in [0.15, 0.2) is 5.78 Å². The molecule has 0 bridgehead atoms. The molecule has 0 spiro atoms. The third-order valence-electron chi connectivity index (χ3n) is 4.83. The largest absolute Gasteiger partial charge is 0.318 e. The number of hydrogen-bond acceptors (Lipinski definition) is 2. The molecule has 0 aliphatic heterocycles. The molecule has 138 valence electrons. The van der Waals surface area contributed by atoms with Crippen molar-refractivity contribution in [1.82, 2.24) is 4.57 Å². The van der Waals surface area contributed by atoms with Gasteiger partial charge in [0.2, 0.25) is 0 Å². The van der Waals surface area contributed by atoms with E-state index in [2.05, 4.69) is 6.92 Å². The molecular weight excluding hydrogens is 341 g/mol. The maximum absolute atomic E-state index is 13.2. The molecule has 0 saturated carbocycles. The summed E-state index contributed by atoms with van der Waals surface area (Å²) in [7, 11) is 1.70. The Kier molecular flexibility index (Phi) is 5.36. The van der Waals surface area contributed by atoms with Gasteiger partial charge < -0.3 is 4.57 Å². The van der Waals surface area contributed by atoms with E-state index in [1.807, 2.05) is 25.1 Å². The topological polar surface area (TPSA) is 39.1 Å². The van der Waals surface area contributed by atoms with Crippen molar-refractivity contribution in [2.24, 2.45) is 7.05 Å². The SMILES string of the molecule is CCc1ccc(C(=O)c2ccc(F)cc2)c(-c2cn(C)c(=O)cc2CC)c1. The van der Waals surface area contributed by atoms with E-state index in [1.165, 1.54) is 28.8 Å². The van der Waals surface area contributed by atoms with Gasteiger partial charge in [-0.05, 0) is 53.8 Å². The molecule has 3 rings (SSSR count). The summed E-state index contributed by atoms with van der Waals surface area (Å²) in [5.74, 6) is -0.539. The van der Waals surface area contributed by atoms with Crippen LogP contribution in [0.3, 0.4) is 0 Å². The van der Waals surface area contributed by atoms with Crippen molar-refractivity contribution in [2.45, 2.75) is 26.7 Å². The number of halogens is 1. The second kappa shape index (κ2) is 7.70. The highest BCUT2D eigenvalue weighted by Gasteiger charge is 2.18. The molecule has 4 heteroatoms. The van der Waals surface area contributed by atoms with Crippen LogP contribution in [0.4, 0.5) is 4.39 Å². The number of nitrogens with zero attached hydrogens (tertiary/aromatic N) is 1. The number of carbonyl (C=O) groups is 1. The number of ketones is 1. The van der Waals surface area contributed by atoms with Crippen molar-refractivity contribution >= 4 is 5.78 Å². The molecule has 0 aliphatic rings. The molecule has 0 saturated heterocycles. The molecular formula is C23H22FNO2. The summed E-state index contributed by atoms with van der Waals surface area (Å²) in [6.45, 7) is 4.05. The van der Waals surface area contributed by atoms with E-state index in [9.17, 15) is 14.0 Å². The average Bonchev–Trinajstić information content (AvgIpc) is 2.69. The van der Waals surface area contributed by atoms with Gasteiger partial charge in [-0.2, -0.15) is 0 Å². The van der Waals surface area contributed by atoms with Crippen molar-refractivity contribution in [3.05, 3.63) is 93.2 Å². The molecule has 0 fully saturated rings. The molecule has 0 amide bonds. The van der Waals surface area contributed by atoms with Gasteiger partial charge in [0.1, 0.15) is 5.82 Å². The van der Waals surface area contributed by atoms with Gasteiger partial charge in [-0.1, -0.05) is 32.0 Å². The standard InChI is InChI=1S/C23H22FNO2/c1-4-15-6-11-19(23(27)17-7-9-18(24)10-8-17)20(12-15)21-14-25(3)22(26)13-16(21)5-2/h6-14H,4-5H2,1-3H3. The predicted molar refractivity (Wildman–Crippen MR) is 106 cm³/mol. The normalized spacial score (nSPS) is 10.8. The minimum atomic E-state index is -0.376. The minimum Gasteiger partial charge on any atom is -0.318 e. The molecule has 1 heterocycles. The second-order valence-electron chi connectivity index (χ2n) is 6.58. The van der Waals surface area contributed by atoms with E-state index in [0.717, 1.165) is 28.7 Å². The van der Waals surface area contributed by atoms with Crippen LogP contribution in [0.25, 0.3) is 11.1 Å². The molecule has 3 aromatic rings. The maximum Gasteiger partial charge on any atom is 0.250 e. The number of hydrogen-bond donors (Lipinski definition) is 0. The maximum atomic E-state index is 13.2. The summed E-state index contributed by atoms with van der Waals surface area (Å²) >= 11 is 0. The zero-order chi connectivity index (χ0) is 19.6. The number of pyridine rings is 1. The first kappa shape index (κ1) is 18.8. The fraction of sp³-hybridized carbons (Fsp3) is 0.217. The van der Waals surface area contributed by atoms with Crippen molar-refractivity contribution in [2.75, 3.05) is 0 Å². The lowest BCUT2D eigenvalue weighted by Crippen LogP contribution is -2.17. The lowest BCUT2D eigenvalue weighted by molar-refractivity contribution is 0.103. The average molecular weight is 363 g/mol. The Morgan fingerprint density at radius 1 is 0.963 bits per heavy atom. The van der Waals surface area contributed by atoms with Crippen molar-refractivity contribution in [3.8, 4) is 11.1 Å². The molecule has 0 aliphatic carbocycles. The second-order valence-corrected chi connectivity index (χ2v) is 6.58. The molecule has 3 nitrogen and oxygen atoms in total. The Balaban J connectivity index is 2.23. The minimum absolute atomic E-state index is 0.0753. The first-order valence-electron chi connectivity index (χ1n) is 9.07. The fourth-order valence-corrected chi connectivity index (χ4v) is 3.19. The van der Waals surface area contributed by atoms with Gasteiger partial charge >= 0.3 is 0 Å². The molecule has 0 radical (unpaired) electrons. The third kappa shape index (κ3) is 3.75. The van der Waals surface area contributed by atoms with Crippen LogP contribution in [0.5, 0.6) is 0 Å². The predicted octanol–water partition coefficient (Wildman–Crippen LogP) is 4.55. The first-order chi connectivity index (χ1) is 12.9. The summed E-state index contributed by atoms with van der Waals surface area (Å²) in [6, 6.07) is 13.0. The number of carbonyl (C=O) groups excluding carboxylic acids is 1. The lowest BCUT2D eigenvalue weighted by atomic mass is 9.90. The highest BCUT2D eigenvalue weighted by molar-refractivity contribution is 6.13. The van der Waals surface area contributed by atoms with Crippen LogP contribution in [0.1, 0.15) is 40.9 Å². The van der Waals surface area contributed by atoms with E-state index < -0.39 is 0 Å². The van der Waals surface area contributed by atoms with Crippen LogP contribution in [0.2, 0.25) is 0 Å². The molecule has 1 aromatic heterocycles. The molecule has 0 N–H and O–H groups in total. The number of rotatable bonds is 5.